The second-order valence-electron chi connectivity index (χ2n) is 9.70. The van der Waals surface area contributed by atoms with Crippen LogP contribution in [0.25, 0.3) is 28.3 Å². The average Bonchev–Trinajstić information content (AvgIpc) is 3.63. The molecule has 4 aromatic rings. The van der Waals surface area contributed by atoms with E-state index in [1.54, 1.807) is 30.3 Å². The Kier molecular flexibility index (Phi) is 7.55. The smallest absolute Gasteiger partial charge is 0.275 e. The average molecular weight is 571 g/mol. The quantitative estimate of drug-likeness (QED) is 0.130. The minimum absolute atomic E-state index is 0.0461. The number of hydrogen-bond acceptors (Lipinski definition) is 11. The first-order valence-corrected chi connectivity index (χ1v) is 14.5. The van der Waals surface area contributed by atoms with E-state index in [-0.39, 0.29) is 42.7 Å². The number of rotatable bonds is 9. The Bertz CT molecular complexity index is 1610. The normalized spacial score (nSPS) is 19.6. The highest BCUT2D eigenvalue weighted by Crippen LogP contribution is 2.43. The van der Waals surface area contributed by atoms with Crippen molar-refractivity contribution in [2.45, 2.75) is 42.1 Å². The van der Waals surface area contributed by atoms with Gasteiger partial charge in [-0.3, -0.25) is 15.0 Å². The number of ether oxygens (including phenoxy) is 2. The third-order valence-corrected chi connectivity index (χ3v) is 8.37. The van der Waals surface area contributed by atoms with Crippen LogP contribution in [0.5, 0.6) is 0 Å². The van der Waals surface area contributed by atoms with E-state index in [1.165, 1.54) is 11.6 Å². The second kappa shape index (κ2) is 10.9. The number of aromatic amines is 1. The van der Waals surface area contributed by atoms with Crippen LogP contribution >= 0.6 is 0 Å². The number of sulfone groups is 1. The van der Waals surface area contributed by atoms with E-state index in [2.05, 4.69) is 20.1 Å². The van der Waals surface area contributed by atoms with Gasteiger partial charge in [-0.05, 0) is 31.7 Å². The third kappa shape index (κ3) is 5.03. The number of anilines is 1. The van der Waals surface area contributed by atoms with Crippen molar-refractivity contribution in [2.75, 3.05) is 32.3 Å². The summed E-state index contributed by atoms with van der Waals surface area (Å²) in [5.41, 5.74) is 9.53. The van der Waals surface area contributed by atoms with E-state index in [9.17, 15) is 18.4 Å². The monoisotopic (exact) mass is 570 g/mol. The zero-order valence-corrected chi connectivity index (χ0v) is 22.8. The Balaban J connectivity index is 1.53. The molecule has 1 aliphatic rings. The molecule has 4 heterocycles. The molecule has 0 spiro atoms. The molecule has 0 aromatic carbocycles. The molecule has 0 saturated heterocycles. The van der Waals surface area contributed by atoms with Crippen molar-refractivity contribution in [3.05, 3.63) is 42.6 Å². The fraction of sp³-hybridized carbons (Fsp3) is 0.400. The number of hydrogen-bond donors (Lipinski definition) is 4. The molecule has 4 aromatic heterocycles. The molecular weight excluding hydrogens is 540 g/mol. The number of aromatic nitrogens is 6. The van der Waals surface area contributed by atoms with Crippen LogP contribution in [0.15, 0.2) is 41.8 Å². The van der Waals surface area contributed by atoms with Crippen LogP contribution in [0.3, 0.4) is 0 Å². The molecule has 40 heavy (non-hydrogen) atoms. The number of hydroxylamine groups is 1. The highest BCUT2D eigenvalue weighted by atomic mass is 32.2. The number of nitrogens with two attached hydrogens (primary N) is 1. The Morgan fingerprint density at radius 2 is 2.02 bits per heavy atom. The van der Waals surface area contributed by atoms with E-state index in [0.29, 0.717) is 46.8 Å². The predicted molar refractivity (Wildman–Crippen MR) is 143 cm³/mol. The summed E-state index contributed by atoms with van der Waals surface area (Å²) >= 11 is 0. The van der Waals surface area contributed by atoms with Gasteiger partial charge in [-0.1, -0.05) is 6.07 Å². The molecule has 1 amide bonds. The Hall–Kier alpha value is -3.92. The van der Waals surface area contributed by atoms with Gasteiger partial charge in [-0.2, -0.15) is 9.61 Å². The summed E-state index contributed by atoms with van der Waals surface area (Å²) in [6.07, 6.45) is 8.86. The lowest BCUT2D eigenvalue weighted by Crippen LogP contribution is -2.50. The van der Waals surface area contributed by atoms with Crippen molar-refractivity contribution in [1.82, 2.24) is 35.0 Å². The van der Waals surface area contributed by atoms with Gasteiger partial charge in [0.05, 0.1) is 25.1 Å². The fourth-order valence-corrected chi connectivity index (χ4v) is 6.25. The van der Waals surface area contributed by atoms with Gasteiger partial charge >= 0.3 is 0 Å². The molecule has 0 atom stereocenters. The van der Waals surface area contributed by atoms with Gasteiger partial charge in [-0.15, -0.1) is 0 Å². The van der Waals surface area contributed by atoms with Gasteiger partial charge < -0.3 is 20.2 Å². The maximum absolute atomic E-state index is 12.9. The Morgan fingerprint density at radius 3 is 2.62 bits per heavy atom. The van der Waals surface area contributed by atoms with Gasteiger partial charge in [0.1, 0.15) is 22.0 Å². The summed E-state index contributed by atoms with van der Waals surface area (Å²) < 4.78 is 38.1. The molecule has 0 unspecified atom stereocenters. The van der Waals surface area contributed by atoms with Crippen molar-refractivity contribution in [3.63, 3.8) is 0 Å². The number of fused-ring (bicyclic) bond motifs is 1. The van der Waals surface area contributed by atoms with Crippen LogP contribution in [0.1, 0.15) is 37.3 Å². The summed E-state index contributed by atoms with van der Waals surface area (Å²) in [7, 11) is -2.28. The van der Waals surface area contributed by atoms with E-state index >= 15 is 0 Å². The topological polar surface area (TPSA) is 200 Å². The summed E-state index contributed by atoms with van der Waals surface area (Å²) in [6, 6.07) is 3.66. The number of nitrogens with zero attached hydrogens (tertiary/aromatic N) is 5. The lowest BCUT2D eigenvalue weighted by molar-refractivity contribution is -0.163. The summed E-state index contributed by atoms with van der Waals surface area (Å²) in [5, 5.41) is 13.7. The molecule has 14 nitrogen and oxygen atoms in total. The molecular formula is C25H30N8O6S. The van der Waals surface area contributed by atoms with Gasteiger partial charge in [0.25, 0.3) is 5.91 Å². The van der Waals surface area contributed by atoms with E-state index in [1.807, 2.05) is 12.1 Å². The molecule has 5 N–H and O–H groups in total. The number of imidazole rings is 1. The maximum atomic E-state index is 12.9. The largest absolute Gasteiger partial charge is 0.382 e. The molecule has 0 aliphatic heterocycles. The number of pyridine rings is 1. The number of H-pyrrole nitrogens is 1. The van der Waals surface area contributed by atoms with Crippen molar-refractivity contribution >= 4 is 27.2 Å². The van der Waals surface area contributed by atoms with Gasteiger partial charge in [-0.25, -0.2) is 23.9 Å². The minimum Gasteiger partial charge on any atom is -0.382 e. The standard InChI is InChI=1S/C25H30N8O6S/c1-38-11-12-39-25(24(34)32-35)7-5-15(6-8-25)19-20(40(2,36)37)21(26)33-23(31-19)17(14-30-33)16-3-4-18(29-13-16)22-27-9-10-28-22/h3-4,9-10,13-15,35H,5-8,11-12,26H2,1-2H3,(H,27,28)(H,32,34)/t15-,25+. The summed E-state index contributed by atoms with van der Waals surface area (Å²) in [5.74, 6) is -0.416. The number of methoxy groups -OCH3 is 1. The number of amides is 1. The van der Waals surface area contributed by atoms with Crippen LogP contribution in [0.4, 0.5) is 5.82 Å². The zero-order chi connectivity index (χ0) is 28.5. The first-order valence-electron chi connectivity index (χ1n) is 12.6. The number of nitrogens with one attached hydrogen (secondary N) is 2. The highest BCUT2D eigenvalue weighted by Gasteiger charge is 2.44. The maximum Gasteiger partial charge on any atom is 0.275 e. The Labute approximate surface area is 229 Å². The van der Waals surface area contributed by atoms with Crippen molar-refractivity contribution in [1.29, 1.82) is 0 Å². The summed E-state index contributed by atoms with van der Waals surface area (Å²) in [4.78, 5) is 29.0. The van der Waals surface area contributed by atoms with Gasteiger partial charge in [0, 0.05) is 49.0 Å². The van der Waals surface area contributed by atoms with Crippen LogP contribution in [-0.4, -0.2) is 81.3 Å². The van der Waals surface area contributed by atoms with Crippen molar-refractivity contribution in [2.24, 2.45) is 0 Å². The molecule has 1 saturated carbocycles. The third-order valence-electron chi connectivity index (χ3n) is 7.21. The molecule has 1 fully saturated rings. The lowest BCUT2D eigenvalue weighted by Gasteiger charge is -2.38. The van der Waals surface area contributed by atoms with Crippen LogP contribution < -0.4 is 11.2 Å². The molecule has 5 rings (SSSR count). The van der Waals surface area contributed by atoms with Gasteiger partial charge in [0.15, 0.2) is 21.3 Å². The lowest BCUT2D eigenvalue weighted by atomic mass is 9.76. The molecule has 0 bridgehead atoms. The Morgan fingerprint density at radius 1 is 1.25 bits per heavy atom. The molecule has 0 radical (unpaired) electrons. The van der Waals surface area contributed by atoms with E-state index < -0.39 is 21.3 Å². The van der Waals surface area contributed by atoms with E-state index in [4.69, 9.17) is 20.2 Å². The number of carbonyl (C=O) groups is 1. The van der Waals surface area contributed by atoms with Crippen LogP contribution in [0, 0.1) is 0 Å². The first-order chi connectivity index (χ1) is 19.2. The fourth-order valence-electron chi connectivity index (χ4n) is 5.19. The van der Waals surface area contributed by atoms with E-state index in [0.717, 1.165) is 6.26 Å². The highest BCUT2D eigenvalue weighted by molar-refractivity contribution is 7.91. The number of carbonyl (C=O) groups excluding carboxylic acids is 1. The van der Waals surface area contributed by atoms with Crippen molar-refractivity contribution in [3.8, 4) is 22.6 Å². The van der Waals surface area contributed by atoms with Crippen molar-refractivity contribution < 1.29 is 27.9 Å². The summed E-state index contributed by atoms with van der Waals surface area (Å²) in [6.45, 7) is 0.435. The minimum atomic E-state index is -3.80. The predicted octanol–water partition coefficient (Wildman–Crippen LogP) is 1.73. The zero-order valence-electron chi connectivity index (χ0n) is 22.0. The molecule has 212 valence electrons. The van der Waals surface area contributed by atoms with Gasteiger partial charge in [0.2, 0.25) is 0 Å². The molecule has 15 heteroatoms. The first kappa shape index (κ1) is 27.6. The molecule has 1 aliphatic carbocycles. The SMILES string of the molecule is COCCO[C@]1(C(=O)NO)CC[C@H](c2nc3c(-c4ccc(-c5ncc[nH]5)nc4)cnn3c(N)c2S(C)(=O)=O)CC1. The van der Waals surface area contributed by atoms with Crippen LogP contribution in [-0.2, 0) is 24.1 Å². The van der Waals surface area contributed by atoms with Crippen LogP contribution in [0.2, 0.25) is 0 Å². The number of nitrogen functional groups attached to an aromatic ring is 1. The second-order valence-corrected chi connectivity index (χ2v) is 11.7.